The van der Waals surface area contributed by atoms with Gasteiger partial charge in [-0.1, -0.05) is 24.3 Å². The summed E-state index contributed by atoms with van der Waals surface area (Å²) in [6, 6.07) is 14.7. The summed E-state index contributed by atoms with van der Waals surface area (Å²) in [7, 11) is -3.63. The summed E-state index contributed by atoms with van der Waals surface area (Å²) >= 11 is 1.25. The zero-order chi connectivity index (χ0) is 18.3. The lowest BCUT2D eigenvalue weighted by atomic mass is 10.1. The lowest BCUT2D eigenvalue weighted by molar-refractivity contribution is 0.603. The van der Waals surface area contributed by atoms with E-state index in [2.05, 4.69) is 9.71 Å². The van der Waals surface area contributed by atoms with Crippen LogP contribution < -0.4 is 4.72 Å². The van der Waals surface area contributed by atoms with Crippen molar-refractivity contribution in [2.75, 3.05) is 4.72 Å². The molecular weight excluding hydrogens is 366 g/mol. The highest BCUT2D eigenvalue weighted by Crippen LogP contribution is 2.31. The second-order valence-corrected chi connectivity index (χ2v) is 9.26. The van der Waals surface area contributed by atoms with Crippen LogP contribution >= 0.6 is 11.3 Å². The Bertz CT molecular complexity index is 1210. The summed E-state index contributed by atoms with van der Waals surface area (Å²) < 4.78 is 30.3. The normalized spacial score (nSPS) is 11.8. The number of nitrogens with zero attached hydrogens (tertiary/aromatic N) is 2. The Morgan fingerprint density at radius 3 is 2.58 bits per heavy atom. The molecule has 0 atom stereocenters. The molecular formula is C19H17N3O2S2. The lowest BCUT2D eigenvalue weighted by Crippen LogP contribution is -2.12. The molecule has 1 N–H and O–H groups in total. The van der Waals surface area contributed by atoms with Crippen LogP contribution in [0.15, 0.2) is 65.1 Å². The van der Waals surface area contributed by atoms with Crippen molar-refractivity contribution in [3.63, 3.8) is 0 Å². The monoisotopic (exact) mass is 383 g/mol. The molecule has 0 unspecified atom stereocenters. The Labute approximate surface area is 156 Å². The summed E-state index contributed by atoms with van der Waals surface area (Å²) in [5, 5.41) is 0. The van der Waals surface area contributed by atoms with E-state index in [0.29, 0.717) is 9.90 Å². The van der Waals surface area contributed by atoms with E-state index in [9.17, 15) is 8.42 Å². The molecule has 0 amide bonds. The highest BCUT2D eigenvalue weighted by molar-refractivity contribution is 7.94. The predicted octanol–water partition coefficient (Wildman–Crippen LogP) is 4.48. The molecule has 0 saturated carbocycles. The lowest BCUT2D eigenvalue weighted by Gasteiger charge is -2.10. The van der Waals surface area contributed by atoms with E-state index in [4.69, 9.17) is 0 Å². The number of rotatable bonds is 4. The van der Waals surface area contributed by atoms with Gasteiger partial charge < -0.3 is 4.40 Å². The molecule has 4 rings (SSSR count). The zero-order valence-electron chi connectivity index (χ0n) is 14.3. The number of imidazole rings is 1. The van der Waals surface area contributed by atoms with Crippen LogP contribution in [0.2, 0.25) is 0 Å². The molecule has 0 aliphatic rings. The van der Waals surface area contributed by atoms with Gasteiger partial charge in [0.2, 0.25) is 0 Å². The predicted molar refractivity (Wildman–Crippen MR) is 105 cm³/mol. The summed E-state index contributed by atoms with van der Waals surface area (Å²) in [6.07, 6.45) is 3.84. The van der Waals surface area contributed by atoms with E-state index in [1.807, 2.05) is 61.0 Å². The van der Waals surface area contributed by atoms with Crippen molar-refractivity contribution in [2.24, 2.45) is 0 Å². The number of benzene rings is 1. The maximum atomic E-state index is 12.7. The van der Waals surface area contributed by atoms with Gasteiger partial charge in [0.15, 0.2) is 0 Å². The van der Waals surface area contributed by atoms with Gasteiger partial charge in [0, 0.05) is 22.8 Å². The van der Waals surface area contributed by atoms with E-state index < -0.39 is 10.0 Å². The Kier molecular flexibility index (Phi) is 4.05. The fourth-order valence-corrected chi connectivity index (χ4v) is 5.19. The first-order valence-electron chi connectivity index (χ1n) is 8.07. The third kappa shape index (κ3) is 3.00. The first kappa shape index (κ1) is 16.8. The average molecular weight is 383 g/mol. The minimum atomic E-state index is -3.63. The molecule has 3 heterocycles. The van der Waals surface area contributed by atoms with Crippen LogP contribution in [0.5, 0.6) is 0 Å². The molecule has 0 radical (unpaired) electrons. The van der Waals surface area contributed by atoms with E-state index in [1.165, 1.54) is 11.3 Å². The van der Waals surface area contributed by atoms with E-state index in [0.717, 1.165) is 27.3 Å². The first-order valence-corrected chi connectivity index (χ1v) is 10.4. The summed E-state index contributed by atoms with van der Waals surface area (Å²) in [5.41, 5.74) is 3.90. The second kappa shape index (κ2) is 6.26. The number of aryl methyl sites for hydroxylation is 2. The molecule has 1 aromatic carbocycles. The molecule has 5 nitrogen and oxygen atoms in total. The van der Waals surface area contributed by atoms with Gasteiger partial charge in [-0.3, -0.25) is 4.72 Å². The number of thiophene rings is 1. The van der Waals surface area contributed by atoms with Crippen molar-refractivity contribution in [1.82, 2.24) is 9.38 Å². The number of sulfonamides is 1. The molecule has 0 bridgehead atoms. The first-order chi connectivity index (χ1) is 12.4. The van der Waals surface area contributed by atoms with Crippen molar-refractivity contribution in [3.8, 4) is 11.3 Å². The van der Waals surface area contributed by atoms with Gasteiger partial charge in [0.1, 0.15) is 9.86 Å². The number of anilines is 1. The van der Waals surface area contributed by atoms with Crippen molar-refractivity contribution >= 4 is 32.7 Å². The van der Waals surface area contributed by atoms with Gasteiger partial charge in [-0.2, -0.15) is 0 Å². The number of pyridine rings is 1. The largest absolute Gasteiger partial charge is 0.306 e. The minimum absolute atomic E-state index is 0.302. The van der Waals surface area contributed by atoms with Crippen LogP contribution in [0.1, 0.15) is 10.4 Å². The molecule has 0 aliphatic heterocycles. The molecule has 132 valence electrons. The number of fused-ring (bicyclic) bond motifs is 1. The number of hydrogen-bond donors (Lipinski definition) is 1. The SMILES string of the molecule is Cc1ccc(S(=O)(=O)Nc2ccccc2-c2cn3cccc(C)c3n2)s1. The average Bonchev–Trinajstić information content (AvgIpc) is 3.22. The van der Waals surface area contributed by atoms with Gasteiger partial charge in [-0.15, -0.1) is 11.3 Å². The van der Waals surface area contributed by atoms with Gasteiger partial charge in [-0.05, 0) is 43.7 Å². The van der Waals surface area contributed by atoms with Crippen molar-refractivity contribution in [1.29, 1.82) is 0 Å². The van der Waals surface area contributed by atoms with Crippen LogP contribution in [0.25, 0.3) is 16.9 Å². The maximum absolute atomic E-state index is 12.7. The molecule has 0 aliphatic carbocycles. The standard InChI is InChI=1S/C19H17N3O2S2/c1-13-6-5-11-22-12-17(20-19(13)22)15-7-3-4-8-16(15)21-26(23,24)18-10-9-14(2)25-18/h3-12,21H,1-2H3. The van der Waals surface area contributed by atoms with E-state index in [1.54, 1.807) is 18.2 Å². The Morgan fingerprint density at radius 1 is 1.04 bits per heavy atom. The third-order valence-electron chi connectivity index (χ3n) is 4.11. The molecule has 0 spiro atoms. The minimum Gasteiger partial charge on any atom is -0.306 e. The highest BCUT2D eigenvalue weighted by Gasteiger charge is 2.19. The fraction of sp³-hybridized carbons (Fsp3) is 0.105. The Hall–Kier alpha value is -2.64. The Morgan fingerprint density at radius 2 is 1.85 bits per heavy atom. The van der Waals surface area contributed by atoms with Crippen molar-refractivity contribution in [2.45, 2.75) is 18.1 Å². The van der Waals surface area contributed by atoms with Crippen molar-refractivity contribution < 1.29 is 8.42 Å². The van der Waals surface area contributed by atoms with Gasteiger partial charge in [0.05, 0.1) is 11.4 Å². The third-order valence-corrected chi connectivity index (χ3v) is 6.96. The summed E-state index contributed by atoms with van der Waals surface area (Å²) in [6.45, 7) is 3.89. The van der Waals surface area contributed by atoms with Gasteiger partial charge in [-0.25, -0.2) is 13.4 Å². The smallest absolute Gasteiger partial charge is 0.271 e. The number of para-hydroxylation sites is 1. The number of aromatic nitrogens is 2. The van der Waals surface area contributed by atoms with Crippen LogP contribution in [-0.4, -0.2) is 17.8 Å². The van der Waals surface area contributed by atoms with E-state index >= 15 is 0 Å². The number of nitrogens with one attached hydrogen (secondary N) is 1. The Balaban J connectivity index is 1.78. The molecule has 0 fully saturated rings. The summed E-state index contributed by atoms with van der Waals surface area (Å²) in [4.78, 5) is 5.63. The van der Waals surface area contributed by atoms with E-state index in [-0.39, 0.29) is 0 Å². The quantitative estimate of drug-likeness (QED) is 0.565. The van der Waals surface area contributed by atoms with Gasteiger partial charge >= 0.3 is 0 Å². The highest BCUT2D eigenvalue weighted by atomic mass is 32.2. The van der Waals surface area contributed by atoms with Crippen LogP contribution in [-0.2, 0) is 10.0 Å². The van der Waals surface area contributed by atoms with Crippen LogP contribution in [0.3, 0.4) is 0 Å². The molecule has 26 heavy (non-hydrogen) atoms. The second-order valence-electron chi connectivity index (χ2n) is 6.06. The molecule has 7 heteroatoms. The van der Waals surface area contributed by atoms with Crippen LogP contribution in [0, 0.1) is 13.8 Å². The van der Waals surface area contributed by atoms with Gasteiger partial charge in [0.25, 0.3) is 10.0 Å². The van der Waals surface area contributed by atoms with Crippen LogP contribution in [0.4, 0.5) is 5.69 Å². The maximum Gasteiger partial charge on any atom is 0.271 e. The number of hydrogen-bond acceptors (Lipinski definition) is 4. The molecule has 4 aromatic rings. The topological polar surface area (TPSA) is 63.5 Å². The zero-order valence-corrected chi connectivity index (χ0v) is 15.9. The fourth-order valence-electron chi connectivity index (χ4n) is 2.83. The van der Waals surface area contributed by atoms with Crippen molar-refractivity contribution in [3.05, 3.63) is 71.4 Å². The molecule has 3 aromatic heterocycles. The summed E-state index contributed by atoms with van der Waals surface area (Å²) in [5.74, 6) is 0. The molecule has 0 saturated heterocycles.